The first kappa shape index (κ1) is 27.6. The molecule has 0 spiro atoms. The highest BCUT2D eigenvalue weighted by Gasteiger charge is 2.22. The number of carboxylic acids is 1. The molecule has 2 N–H and O–H groups in total. The number of aromatic nitrogens is 2. The van der Waals surface area contributed by atoms with Gasteiger partial charge in [-0.1, -0.05) is 54.1 Å². The van der Waals surface area contributed by atoms with E-state index < -0.39 is 5.97 Å². The van der Waals surface area contributed by atoms with E-state index in [1.165, 1.54) is 5.56 Å². The Hall–Kier alpha value is -4.91. The predicted octanol–water partition coefficient (Wildman–Crippen LogP) is 6.81. The Balaban J connectivity index is 1.55. The summed E-state index contributed by atoms with van der Waals surface area (Å²) in [6, 6.07) is 28.1. The number of nitrogens with one attached hydrogen (secondary N) is 1. The predicted molar refractivity (Wildman–Crippen MR) is 161 cm³/mol. The molecule has 0 fully saturated rings. The minimum atomic E-state index is -0.948. The van der Waals surface area contributed by atoms with E-state index in [0.717, 1.165) is 50.2 Å². The summed E-state index contributed by atoms with van der Waals surface area (Å²) < 4.78 is 7.48. The SMILES string of the molecule is COc1ccc2cc(-c3c(C)c(-c4cccc(C)c4)nn3C(C)c3ccc(C(=O)NCCC(=O)O)cc3)ccc2c1. The third kappa shape index (κ3) is 5.84. The second-order valence-corrected chi connectivity index (χ2v) is 10.3. The highest BCUT2D eigenvalue weighted by molar-refractivity contribution is 5.94. The molecule has 0 bridgehead atoms. The van der Waals surface area contributed by atoms with Gasteiger partial charge in [0.1, 0.15) is 5.75 Å². The molecule has 5 rings (SSSR count). The molecule has 1 atom stereocenters. The summed E-state index contributed by atoms with van der Waals surface area (Å²) >= 11 is 0. The highest BCUT2D eigenvalue weighted by atomic mass is 16.5. The van der Waals surface area contributed by atoms with Crippen LogP contribution < -0.4 is 10.1 Å². The molecule has 4 aromatic carbocycles. The van der Waals surface area contributed by atoms with Gasteiger partial charge in [0, 0.05) is 28.8 Å². The number of nitrogens with zero attached hydrogens (tertiary/aromatic N) is 2. The van der Waals surface area contributed by atoms with Crippen molar-refractivity contribution in [2.45, 2.75) is 33.2 Å². The average molecular weight is 548 g/mol. The fourth-order valence-corrected chi connectivity index (χ4v) is 5.15. The minimum absolute atomic E-state index is 0.0858. The topological polar surface area (TPSA) is 93.5 Å². The van der Waals surface area contributed by atoms with E-state index in [2.05, 4.69) is 79.3 Å². The van der Waals surface area contributed by atoms with Crippen LogP contribution >= 0.6 is 0 Å². The van der Waals surface area contributed by atoms with Crippen LogP contribution in [0.25, 0.3) is 33.3 Å². The molecule has 1 unspecified atom stereocenters. The molecule has 1 aromatic heterocycles. The van der Waals surface area contributed by atoms with Crippen LogP contribution in [0, 0.1) is 13.8 Å². The van der Waals surface area contributed by atoms with Crippen LogP contribution in [-0.4, -0.2) is 40.4 Å². The van der Waals surface area contributed by atoms with Gasteiger partial charge >= 0.3 is 5.97 Å². The summed E-state index contributed by atoms with van der Waals surface area (Å²) in [5.74, 6) is -0.424. The Morgan fingerprint density at radius 1 is 0.927 bits per heavy atom. The zero-order valence-corrected chi connectivity index (χ0v) is 23.6. The van der Waals surface area contributed by atoms with Crippen LogP contribution in [0.2, 0.25) is 0 Å². The number of benzene rings is 4. The number of aliphatic carboxylic acids is 1. The molecule has 0 aliphatic heterocycles. The van der Waals surface area contributed by atoms with E-state index in [0.29, 0.717) is 5.56 Å². The molecule has 0 saturated heterocycles. The molecule has 41 heavy (non-hydrogen) atoms. The Kier molecular flexibility index (Phi) is 7.88. The first-order chi connectivity index (χ1) is 19.7. The maximum Gasteiger partial charge on any atom is 0.305 e. The van der Waals surface area contributed by atoms with Crippen LogP contribution in [0.4, 0.5) is 0 Å². The van der Waals surface area contributed by atoms with E-state index in [4.69, 9.17) is 14.9 Å². The first-order valence-corrected chi connectivity index (χ1v) is 13.6. The molecule has 7 heteroatoms. The smallest absolute Gasteiger partial charge is 0.305 e. The molecule has 0 aliphatic rings. The lowest BCUT2D eigenvalue weighted by Gasteiger charge is -2.18. The fourth-order valence-electron chi connectivity index (χ4n) is 5.15. The van der Waals surface area contributed by atoms with Gasteiger partial charge in [-0.15, -0.1) is 0 Å². The van der Waals surface area contributed by atoms with E-state index in [1.807, 2.05) is 24.3 Å². The lowest BCUT2D eigenvalue weighted by molar-refractivity contribution is -0.136. The normalized spacial score (nSPS) is 11.8. The number of hydrogen-bond donors (Lipinski definition) is 2. The third-order valence-electron chi connectivity index (χ3n) is 7.41. The molecule has 0 radical (unpaired) electrons. The molecule has 0 aliphatic carbocycles. The summed E-state index contributed by atoms with van der Waals surface area (Å²) in [4.78, 5) is 23.2. The Morgan fingerprint density at radius 2 is 1.66 bits per heavy atom. The van der Waals surface area contributed by atoms with Gasteiger partial charge in [0.25, 0.3) is 5.91 Å². The van der Waals surface area contributed by atoms with Crippen molar-refractivity contribution in [1.82, 2.24) is 15.1 Å². The lowest BCUT2D eigenvalue weighted by Crippen LogP contribution is -2.26. The van der Waals surface area contributed by atoms with E-state index in [1.54, 1.807) is 19.2 Å². The molecule has 1 heterocycles. The number of methoxy groups -OCH3 is 1. The molecule has 5 aromatic rings. The number of ether oxygens (including phenoxy) is 1. The van der Waals surface area contributed by atoms with Gasteiger partial charge in [0.2, 0.25) is 0 Å². The van der Waals surface area contributed by atoms with Gasteiger partial charge in [-0.25, -0.2) is 0 Å². The van der Waals surface area contributed by atoms with Crippen molar-refractivity contribution in [2.75, 3.05) is 13.7 Å². The van der Waals surface area contributed by atoms with Gasteiger partial charge in [-0.2, -0.15) is 5.10 Å². The van der Waals surface area contributed by atoms with Crippen LogP contribution in [0.3, 0.4) is 0 Å². The van der Waals surface area contributed by atoms with Crippen molar-refractivity contribution in [1.29, 1.82) is 0 Å². The summed E-state index contributed by atoms with van der Waals surface area (Å²) in [5, 5.41) is 18.8. The van der Waals surface area contributed by atoms with Crippen LogP contribution in [0.5, 0.6) is 5.75 Å². The number of fused-ring (bicyclic) bond motifs is 1. The average Bonchev–Trinajstić information content (AvgIpc) is 3.32. The number of amides is 1. The van der Waals surface area contributed by atoms with Crippen molar-refractivity contribution in [2.24, 2.45) is 0 Å². The van der Waals surface area contributed by atoms with Gasteiger partial charge in [-0.3, -0.25) is 14.3 Å². The number of aryl methyl sites for hydroxylation is 1. The van der Waals surface area contributed by atoms with E-state index >= 15 is 0 Å². The Labute approximate surface area is 239 Å². The van der Waals surface area contributed by atoms with Gasteiger partial charge < -0.3 is 15.2 Å². The van der Waals surface area contributed by atoms with Gasteiger partial charge in [-0.05, 0) is 73.5 Å². The molecule has 1 amide bonds. The van der Waals surface area contributed by atoms with E-state index in [9.17, 15) is 9.59 Å². The summed E-state index contributed by atoms with van der Waals surface area (Å²) in [6.45, 7) is 6.38. The van der Waals surface area contributed by atoms with Crippen molar-refractivity contribution in [3.8, 4) is 28.3 Å². The first-order valence-electron chi connectivity index (χ1n) is 13.6. The number of hydrogen-bond acceptors (Lipinski definition) is 4. The molecular weight excluding hydrogens is 514 g/mol. The summed E-state index contributed by atoms with van der Waals surface area (Å²) in [5.41, 5.74) is 7.82. The quantitative estimate of drug-likeness (QED) is 0.211. The second-order valence-electron chi connectivity index (χ2n) is 10.3. The second kappa shape index (κ2) is 11.7. The monoisotopic (exact) mass is 547 g/mol. The zero-order valence-electron chi connectivity index (χ0n) is 23.6. The summed E-state index contributed by atoms with van der Waals surface area (Å²) in [7, 11) is 1.67. The molecule has 7 nitrogen and oxygen atoms in total. The lowest BCUT2D eigenvalue weighted by atomic mass is 9.99. The maximum absolute atomic E-state index is 12.5. The zero-order chi connectivity index (χ0) is 29.1. The number of carboxylic acid groups (broad SMARTS) is 1. The standard InChI is InChI=1S/C34H33N3O4/c1-21-6-5-7-28(18-21)32-22(2)33(29-13-12-27-20-30(41-4)15-14-26(27)19-29)37(36-32)23(3)24-8-10-25(11-9-24)34(40)35-17-16-31(38)39/h5-15,18-20,23H,16-17H2,1-4H3,(H,35,40)(H,38,39). The number of rotatable bonds is 9. The van der Waals surface area contributed by atoms with Crippen molar-refractivity contribution in [3.63, 3.8) is 0 Å². The Bertz CT molecular complexity index is 1740. The molecule has 208 valence electrons. The fraction of sp³-hybridized carbons (Fsp3) is 0.206. The van der Waals surface area contributed by atoms with Crippen molar-refractivity contribution < 1.29 is 19.4 Å². The Morgan fingerprint density at radius 3 is 2.37 bits per heavy atom. The summed E-state index contributed by atoms with van der Waals surface area (Å²) in [6.07, 6.45) is -0.117. The van der Waals surface area contributed by atoms with Gasteiger partial charge in [0.15, 0.2) is 0 Å². The third-order valence-corrected chi connectivity index (χ3v) is 7.41. The van der Waals surface area contributed by atoms with Crippen LogP contribution in [0.15, 0.2) is 84.9 Å². The van der Waals surface area contributed by atoms with Crippen LogP contribution in [0.1, 0.15) is 46.4 Å². The number of carbonyl (C=O) groups excluding carboxylic acids is 1. The van der Waals surface area contributed by atoms with Crippen LogP contribution in [-0.2, 0) is 4.79 Å². The molecule has 0 saturated carbocycles. The maximum atomic E-state index is 12.5. The highest BCUT2D eigenvalue weighted by Crippen LogP contribution is 2.37. The van der Waals surface area contributed by atoms with Gasteiger partial charge in [0.05, 0.1) is 31.0 Å². The minimum Gasteiger partial charge on any atom is -0.497 e. The molecular formula is C34H33N3O4. The van der Waals surface area contributed by atoms with Crippen molar-refractivity contribution >= 4 is 22.6 Å². The largest absolute Gasteiger partial charge is 0.497 e. The van der Waals surface area contributed by atoms with E-state index in [-0.39, 0.29) is 24.9 Å². The van der Waals surface area contributed by atoms with Crippen molar-refractivity contribution in [3.05, 3.63) is 107 Å². The number of carbonyl (C=O) groups is 2.